The average molecular weight is 598 g/mol. The Labute approximate surface area is 243 Å². The maximum atomic E-state index is 13.2. The summed E-state index contributed by atoms with van der Waals surface area (Å²) in [5.74, 6) is -2.29. The molecule has 39 heavy (non-hydrogen) atoms. The van der Waals surface area contributed by atoms with Crippen molar-refractivity contribution in [2.45, 2.75) is 51.2 Å². The molecule has 2 aromatic rings. The lowest BCUT2D eigenvalue weighted by atomic mass is 9.81. The lowest BCUT2D eigenvalue weighted by molar-refractivity contribution is -0.137. The molecule has 0 spiro atoms. The van der Waals surface area contributed by atoms with Crippen molar-refractivity contribution in [2.24, 2.45) is 5.92 Å². The Kier molecular flexibility index (Phi) is 10.3. The summed E-state index contributed by atoms with van der Waals surface area (Å²) in [4.78, 5) is 60.8. The number of likely N-dealkylation sites (N-methyl/N-ethyl adjacent to an activating group) is 1. The van der Waals surface area contributed by atoms with Crippen molar-refractivity contribution < 1.29 is 19.2 Å². The van der Waals surface area contributed by atoms with E-state index >= 15 is 0 Å². The minimum Gasteiger partial charge on any atom is -0.349 e. The third kappa shape index (κ3) is 7.47. The zero-order chi connectivity index (χ0) is 27.6. The van der Waals surface area contributed by atoms with E-state index in [1.807, 2.05) is 7.05 Å². The maximum Gasteiger partial charge on any atom is 0.313 e. The van der Waals surface area contributed by atoms with Crippen molar-refractivity contribution in [3.05, 3.63) is 44.4 Å². The molecule has 3 atom stereocenters. The summed E-state index contributed by atoms with van der Waals surface area (Å²) < 4.78 is 0. The van der Waals surface area contributed by atoms with Crippen molar-refractivity contribution in [2.75, 3.05) is 33.0 Å². The van der Waals surface area contributed by atoms with Gasteiger partial charge >= 0.3 is 11.8 Å². The summed E-state index contributed by atoms with van der Waals surface area (Å²) in [5, 5.41) is 9.29. The van der Waals surface area contributed by atoms with Crippen molar-refractivity contribution in [3.8, 4) is 0 Å². The number of halogens is 2. The number of amides is 4. The van der Waals surface area contributed by atoms with Gasteiger partial charge in [-0.25, -0.2) is 4.98 Å². The molecule has 1 aliphatic carbocycles. The molecule has 0 saturated heterocycles. The van der Waals surface area contributed by atoms with Crippen molar-refractivity contribution in [1.29, 1.82) is 0 Å². The van der Waals surface area contributed by atoms with E-state index < -0.39 is 23.9 Å². The first-order valence-corrected chi connectivity index (χ1v) is 13.8. The molecule has 1 fully saturated rings. The van der Waals surface area contributed by atoms with Gasteiger partial charge < -0.3 is 25.8 Å². The lowest BCUT2D eigenvalue weighted by Crippen LogP contribution is -2.57. The van der Waals surface area contributed by atoms with Crippen LogP contribution in [0.25, 0.3) is 0 Å². The molecule has 2 aliphatic rings. The molecule has 0 radical (unpaired) electrons. The average Bonchev–Trinajstić information content (AvgIpc) is 3.29. The van der Waals surface area contributed by atoms with Gasteiger partial charge in [0, 0.05) is 61.2 Å². The van der Waals surface area contributed by atoms with Gasteiger partial charge in [0.25, 0.3) is 5.91 Å². The molecule has 10 nitrogen and oxygen atoms in total. The SMILES string of the molecule is Cc1cc(Cl)ccc1NC(=O)C(=O)N[C@H]1CC[C@H](C(=O)N(C)C)C[C@H]1NC(=O)c1nc2c(s1)CN(C)CC2.Cl. The molecule has 2 heterocycles. The summed E-state index contributed by atoms with van der Waals surface area (Å²) in [6.07, 6.45) is 2.11. The number of hydrogen-bond acceptors (Lipinski definition) is 7. The zero-order valence-corrected chi connectivity index (χ0v) is 24.8. The normalized spacial score (nSPS) is 20.7. The highest BCUT2D eigenvalue weighted by Crippen LogP contribution is 2.28. The van der Waals surface area contributed by atoms with Gasteiger partial charge in [-0.05, 0) is 57.0 Å². The summed E-state index contributed by atoms with van der Waals surface area (Å²) in [6.45, 7) is 3.42. The predicted molar refractivity (Wildman–Crippen MR) is 153 cm³/mol. The Morgan fingerprint density at radius 3 is 2.54 bits per heavy atom. The van der Waals surface area contributed by atoms with Crippen LogP contribution >= 0.6 is 35.3 Å². The van der Waals surface area contributed by atoms with E-state index in [0.29, 0.717) is 35.0 Å². The first-order chi connectivity index (χ1) is 18.0. The molecule has 1 aromatic carbocycles. The van der Waals surface area contributed by atoms with Gasteiger partial charge in [-0.2, -0.15) is 0 Å². The highest BCUT2D eigenvalue weighted by Gasteiger charge is 2.37. The third-order valence-electron chi connectivity index (χ3n) is 7.03. The second-order valence-corrected chi connectivity index (χ2v) is 11.7. The van der Waals surface area contributed by atoms with Crippen LogP contribution in [0.5, 0.6) is 0 Å². The molecule has 3 N–H and O–H groups in total. The minimum atomic E-state index is -0.816. The Morgan fingerprint density at radius 1 is 1.10 bits per heavy atom. The Morgan fingerprint density at radius 2 is 1.85 bits per heavy atom. The Bertz CT molecular complexity index is 1250. The zero-order valence-electron chi connectivity index (χ0n) is 22.4. The van der Waals surface area contributed by atoms with Gasteiger partial charge in [0.05, 0.1) is 11.7 Å². The summed E-state index contributed by atoms with van der Waals surface area (Å²) in [6, 6.07) is 3.90. The van der Waals surface area contributed by atoms with E-state index in [1.54, 1.807) is 39.2 Å². The van der Waals surface area contributed by atoms with E-state index in [4.69, 9.17) is 11.6 Å². The van der Waals surface area contributed by atoms with Gasteiger partial charge in [0.15, 0.2) is 5.01 Å². The number of benzene rings is 1. The maximum absolute atomic E-state index is 13.2. The van der Waals surface area contributed by atoms with E-state index in [2.05, 4.69) is 25.8 Å². The smallest absolute Gasteiger partial charge is 0.313 e. The summed E-state index contributed by atoms with van der Waals surface area (Å²) >= 11 is 7.35. The molecule has 13 heteroatoms. The lowest BCUT2D eigenvalue weighted by Gasteiger charge is -2.37. The minimum absolute atomic E-state index is 0. The quantitative estimate of drug-likeness (QED) is 0.456. The highest BCUT2D eigenvalue weighted by atomic mass is 35.5. The third-order valence-corrected chi connectivity index (χ3v) is 8.35. The number of thiazole rings is 1. The molecule has 0 bridgehead atoms. The van der Waals surface area contributed by atoms with Gasteiger partial charge in [-0.1, -0.05) is 11.6 Å². The van der Waals surface area contributed by atoms with Gasteiger partial charge in [-0.3, -0.25) is 19.2 Å². The molecule has 0 unspecified atom stereocenters. The number of fused-ring (bicyclic) bond motifs is 1. The van der Waals surface area contributed by atoms with Crippen LogP contribution in [0.2, 0.25) is 5.02 Å². The molecule has 1 aliphatic heterocycles. The second kappa shape index (κ2) is 13.1. The number of aromatic nitrogens is 1. The van der Waals surface area contributed by atoms with Crippen LogP contribution in [-0.2, 0) is 27.3 Å². The number of nitrogens with zero attached hydrogens (tertiary/aromatic N) is 3. The van der Waals surface area contributed by atoms with Gasteiger partial charge in [0.2, 0.25) is 5.91 Å². The molecule has 1 aromatic heterocycles. The number of carbonyl (C=O) groups excluding carboxylic acids is 4. The van der Waals surface area contributed by atoms with E-state index in [9.17, 15) is 19.2 Å². The fourth-order valence-electron chi connectivity index (χ4n) is 4.92. The summed E-state index contributed by atoms with van der Waals surface area (Å²) in [7, 11) is 5.43. The number of rotatable bonds is 5. The number of hydrogen-bond donors (Lipinski definition) is 3. The number of nitrogens with one attached hydrogen (secondary N) is 3. The van der Waals surface area contributed by atoms with Crippen LogP contribution in [0.15, 0.2) is 18.2 Å². The fourth-order valence-corrected chi connectivity index (χ4v) is 6.24. The highest BCUT2D eigenvalue weighted by molar-refractivity contribution is 7.13. The molecule has 4 rings (SSSR count). The number of aryl methyl sites for hydroxylation is 1. The summed E-state index contributed by atoms with van der Waals surface area (Å²) in [5.41, 5.74) is 2.16. The molecule has 1 saturated carbocycles. The van der Waals surface area contributed by atoms with Crippen LogP contribution in [-0.4, -0.2) is 78.2 Å². The van der Waals surface area contributed by atoms with Crippen LogP contribution in [0.3, 0.4) is 0 Å². The van der Waals surface area contributed by atoms with Crippen LogP contribution in [0.1, 0.15) is 45.2 Å². The van der Waals surface area contributed by atoms with Crippen LogP contribution in [0, 0.1) is 12.8 Å². The Hall–Kier alpha value is -2.73. The van der Waals surface area contributed by atoms with Crippen LogP contribution < -0.4 is 16.0 Å². The molecular formula is C26H34Cl2N6O4S. The van der Waals surface area contributed by atoms with E-state index in [1.165, 1.54) is 16.2 Å². The van der Waals surface area contributed by atoms with Crippen molar-refractivity contribution in [1.82, 2.24) is 25.4 Å². The van der Waals surface area contributed by atoms with Crippen molar-refractivity contribution >= 4 is 64.7 Å². The van der Waals surface area contributed by atoms with Crippen LogP contribution in [0.4, 0.5) is 5.69 Å². The monoisotopic (exact) mass is 596 g/mol. The molecular weight excluding hydrogens is 563 g/mol. The molecule has 4 amide bonds. The first kappa shape index (κ1) is 30.8. The van der Waals surface area contributed by atoms with Crippen molar-refractivity contribution in [3.63, 3.8) is 0 Å². The van der Waals surface area contributed by atoms with Gasteiger partial charge in [-0.15, -0.1) is 23.7 Å². The standard InChI is InChI=1S/C26H33ClN6O4S.ClH/c1-14-11-16(27)6-8-17(14)28-22(34)23(35)29-18-7-5-15(26(37)32(2)3)12-20(18)30-24(36)25-31-19-9-10-33(4)13-21(19)38-25;/h6,8,11,15,18,20H,5,7,9-10,12-13H2,1-4H3,(H,28,34)(H,29,35)(H,30,36);1H/t15-,18-,20+;/m0./s1. The second-order valence-electron chi connectivity index (χ2n) is 10.2. The topological polar surface area (TPSA) is 124 Å². The van der Waals surface area contributed by atoms with Gasteiger partial charge in [0.1, 0.15) is 0 Å². The Balaban J connectivity index is 0.00000420. The van der Waals surface area contributed by atoms with E-state index in [0.717, 1.165) is 35.6 Å². The largest absolute Gasteiger partial charge is 0.349 e. The predicted octanol–water partition coefficient (Wildman–Crippen LogP) is 2.62. The number of carbonyl (C=O) groups is 4. The fraction of sp³-hybridized carbons (Fsp3) is 0.500. The van der Waals surface area contributed by atoms with E-state index in [-0.39, 0.29) is 30.1 Å². The number of anilines is 1. The first-order valence-electron chi connectivity index (χ1n) is 12.6. The molecule has 212 valence electrons.